The summed E-state index contributed by atoms with van der Waals surface area (Å²) < 4.78 is 1.81. The van der Waals surface area contributed by atoms with Crippen molar-refractivity contribution in [1.82, 2.24) is 4.90 Å². The zero-order valence-corrected chi connectivity index (χ0v) is 14.9. The van der Waals surface area contributed by atoms with Crippen LogP contribution in [-0.2, 0) is 0 Å². The summed E-state index contributed by atoms with van der Waals surface area (Å²) in [6.07, 6.45) is 3.40. The lowest BCUT2D eigenvalue weighted by Gasteiger charge is -2.27. The van der Waals surface area contributed by atoms with Crippen LogP contribution in [0.5, 0.6) is 0 Å². The van der Waals surface area contributed by atoms with Gasteiger partial charge >= 0.3 is 0 Å². The molecule has 0 fully saturated rings. The van der Waals surface area contributed by atoms with Crippen molar-refractivity contribution in [1.29, 1.82) is 0 Å². The fourth-order valence-corrected chi connectivity index (χ4v) is 3.16. The highest BCUT2D eigenvalue weighted by molar-refractivity contribution is 9.11. The Morgan fingerprint density at radius 3 is 2.47 bits per heavy atom. The van der Waals surface area contributed by atoms with E-state index in [1.807, 2.05) is 23.1 Å². The van der Waals surface area contributed by atoms with Crippen molar-refractivity contribution in [2.75, 3.05) is 6.54 Å². The largest absolute Gasteiger partial charge is 0.336 e. The van der Waals surface area contributed by atoms with Crippen LogP contribution in [0.25, 0.3) is 0 Å². The zero-order chi connectivity index (χ0) is 14.4. The third kappa shape index (κ3) is 4.92. The molecule has 106 valence electrons. The minimum atomic E-state index is 0.102. The Bertz CT molecular complexity index is 432. The van der Waals surface area contributed by atoms with Crippen LogP contribution in [0.1, 0.15) is 50.4 Å². The van der Waals surface area contributed by atoms with E-state index in [0.29, 0.717) is 0 Å². The van der Waals surface area contributed by atoms with Gasteiger partial charge < -0.3 is 4.90 Å². The molecular weight excluding hydrogens is 370 g/mol. The van der Waals surface area contributed by atoms with Gasteiger partial charge in [-0.2, -0.15) is 0 Å². The Labute approximate surface area is 132 Å². The lowest BCUT2D eigenvalue weighted by atomic mass is 10.1. The number of rotatable bonds is 6. The molecule has 1 aromatic rings. The van der Waals surface area contributed by atoms with E-state index in [0.717, 1.165) is 33.9 Å². The van der Waals surface area contributed by atoms with Gasteiger partial charge in [0.05, 0.1) is 5.56 Å². The number of hydrogen-bond acceptors (Lipinski definition) is 1. The normalized spacial score (nSPS) is 10.8. The molecule has 0 saturated carbocycles. The van der Waals surface area contributed by atoms with Crippen LogP contribution >= 0.6 is 31.9 Å². The van der Waals surface area contributed by atoms with Crippen LogP contribution in [0.2, 0.25) is 0 Å². The van der Waals surface area contributed by atoms with Crippen LogP contribution in [0, 0.1) is 0 Å². The van der Waals surface area contributed by atoms with Gasteiger partial charge in [0.2, 0.25) is 0 Å². The topological polar surface area (TPSA) is 20.3 Å². The lowest BCUT2D eigenvalue weighted by Crippen LogP contribution is -2.37. The molecule has 0 aliphatic carbocycles. The molecule has 0 unspecified atom stereocenters. The van der Waals surface area contributed by atoms with Crippen molar-refractivity contribution in [2.24, 2.45) is 0 Å². The molecule has 1 rings (SSSR count). The average Bonchev–Trinajstić information content (AvgIpc) is 2.33. The zero-order valence-electron chi connectivity index (χ0n) is 11.7. The lowest BCUT2D eigenvalue weighted by molar-refractivity contribution is 0.0701. The van der Waals surface area contributed by atoms with Crippen molar-refractivity contribution in [3.63, 3.8) is 0 Å². The fourth-order valence-electron chi connectivity index (χ4n) is 1.94. The van der Waals surface area contributed by atoms with Crippen molar-refractivity contribution >= 4 is 37.8 Å². The van der Waals surface area contributed by atoms with Crippen LogP contribution in [0.4, 0.5) is 0 Å². The molecule has 0 saturated heterocycles. The number of halogens is 2. The third-order valence-corrected chi connectivity index (χ3v) is 4.20. The highest BCUT2D eigenvalue weighted by Crippen LogP contribution is 2.24. The second-order valence-electron chi connectivity index (χ2n) is 4.92. The van der Waals surface area contributed by atoms with Crippen molar-refractivity contribution < 1.29 is 4.79 Å². The molecule has 19 heavy (non-hydrogen) atoms. The van der Waals surface area contributed by atoms with Crippen molar-refractivity contribution in [3.8, 4) is 0 Å². The molecule has 1 aromatic carbocycles. The number of benzene rings is 1. The predicted molar refractivity (Wildman–Crippen MR) is 87.5 cm³/mol. The maximum atomic E-state index is 12.6. The molecule has 4 heteroatoms. The Kier molecular flexibility index (Phi) is 7.08. The first kappa shape index (κ1) is 16.7. The standard InChI is InChI=1S/C15H21Br2NO/c1-4-5-6-9-18(11(2)3)15(19)13-8-7-12(16)10-14(13)17/h7-8,10-11H,4-6,9H2,1-3H3. The second-order valence-corrected chi connectivity index (χ2v) is 6.69. The first-order valence-corrected chi connectivity index (χ1v) is 8.32. The van der Waals surface area contributed by atoms with Crippen LogP contribution in [0.15, 0.2) is 27.1 Å². The molecule has 0 spiro atoms. The molecular formula is C15H21Br2NO. The minimum Gasteiger partial charge on any atom is -0.336 e. The Balaban J connectivity index is 2.86. The van der Waals surface area contributed by atoms with E-state index in [1.165, 1.54) is 6.42 Å². The summed E-state index contributed by atoms with van der Waals surface area (Å²) in [4.78, 5) is 14.5. The fraction of sp³-hybridized carbons (Fsp3) is 0.533. The SMILES string of the molecule is CCCCCN(C(=O)c1ccc(Br)cc1Br)C(C)C. The van der Waals surface area contributed by atoms with Gasteiger partial charge in [-0.05, 0) is 54.4 Å². The average molecular weight is 391 g/mol. The smallest absolute Gasteiger partial charge is 0.255 e. The molecule has 0 heterocycles. The van der Waals surface area contributed by atoms with Crippen LogP contribution < -0.4 is 0 Å². The van der Waals surface area contributed by atoms with Crippen molar-refractivity contribution in [3.05, 3.63) is 32.7 Å². The van der Waals surface area contributed by atoms with Crippen LogP contribution in [-0.4, -0.2) is 23.4 Å². The van der Waals surface area contributed by atoms with Gasteiger partial charge in [-0.15, -0.1) is 0 Å². The highest BCUT2D eigenvalue weighted by Gasteiger charge is 2.20. The Morgan fingerprint density at radius 1 is 1.26 bits per heavy atom. The van der Waals surface area contributed by atoms with Gasteiger partial charge in [-0.1, -0.05) is 35.7 Å². The maximum absolute atomic E-state index is 12.6. The first-order chi connectivity index (χ1) is 8.97. The van der Waals surface area contributed by atoms with Gasteiger partial charge in [0.25, 0.3) is 5.91 Å². The molecule has 2 nitrogen and oxygen atoms in total. The third-order valence-electron chi connectivity index (χ3n) is 3.05. The molecule has 0 aromatic heterocycles. The van der Waals surface area contributed by atoms with E-state index < -0.39 is 0 Å². The van der Waals surface area contributed by atoms with Crippen LogP contribution in [0.3, 0.4) is 0 Å². The van der Waals surface area contributed by atoms with E-state index >= 15 is 0 Å². The van der Waals surface area contributed by atoms with E-state index in [-0.39, 0.29) is 11.9 Å². The summed E-state index contributed by atoms with van der Waals surface area (Å²) in [6.45, 7) is 7.13. The van der Waals surface area contributed by atoms with Gasteiger partial charge in [0, 0.05) is 21.5 Å². The van der Waals surface area contributed by atoms with Crippen molar-refractivity contribution in [2.45, 2.75) is 46.1 Å². The molecule has 0 radical (unpaired) electrons. The quantitative estimate of drug-likeness (QED) is 0.607. The van der Waals surface area contributed by atoms with E-state index in [2.05, 4.69) is 52.6 Å². The molecule has 0 atom stereocenters. The van der Waals surface area contributed by atoms with E-state index in [4.69, 9.17) is 0 Å². The van der Waals surface area contributed by atoms with Gasteiger partial charge in [0.15, 0.2) is 0 Å². The van der Waals surface area contributed by atoms with E-state index in [1.54, 1.807) is 0 Å². The maximum Gasteiger partial charge on any atom is 0.255 e. The summed E-state index contributed by atoms with van der Waals surface area (Å²) in [5.41, 5.74) is 0.730. The molecule has 0 aliphatic rings. The number of amides is 1. The summed E-state index contributed by atoms with van der Waals surface area (Å²) in [5, 5.41) is 0. The Morgan fingerprint density at radius 2 is 1.95 bits per heavy atom. The number of carbonyl (C=O) groups is 1. The van der Waals surface area contributed by atoms with Gasteiger partial charge in [0.1, 0.15) is 0 Å². The van der Waals surface area contributed by atoms with E-state index in [9.17, 15) is 4.79 Å². The number of hydrogen-bond donors (Lipinski definition) is 0. The monoisotopic (exact) mass is 389 g/mol. The highest BCUT2D eigenvalue weighted by atomic mass is 79.9. The number of carbonyl (C=O) groups excluding carboxylic acids is 1. The summed E-state index contributed by atoms with van der Waals surface area (Å²) >= 11 is 6.88. The molecule has 0 N–H and O–H groups in total. The number of unbranched alkanes of at least 4 members (excludes halogenated alkanes) is 2. The second kappa shape index (κ2) is 8.05. The first-order valence-electron chi connectivity index (χ1n) is 6.73. The summed E-state index contributed by atoms with van der Waals surface area (Å²) in [7, 11) is 0. The summed E-state index contributed by atoms with van der Waals surface area (Å²) in [6, 6.07) is 5.91. The van der Waals surface area contributed by atoms with Gasteiger partial charge in [-0.25, -0.2) is 0 Å². The molecule has 1 amide bonds. The Hall–Kier alpha value is -0.350. The predicted octanol–water partition coefficient (Wildman–Crippen LogP) is 5.25. The molecule has 0 aliphatic heterocycles. The minimum absolute atomic E-state index is 0.102. The number of nitrogens with zero attached hydrogens (tertiary/aromatic N) is 1. The molecule has 0 bridgehead atoms. The van der Waals surface area contributed by atoms with Gasteiger partial charge in [-0.3, -0.25) is 4.79 Å². The summed E-state index contributed by atoms with van der Waals surface area (Å²) in [5.74, 6) is 0.102.